The number of carbonyl (C=O) groups excluding carboxylic acids is 1. The molecule has 1 amide bonds. The Bertz CT molecular complexity index is 341. The Labute approximate surface area is 103 Å². The number of aryl methyl sites for hydroxylation is 1. The highest BCUT2D eigenvalue weighted by Gasteiger charge is 2.13. The standard InChI is InChI=1S/C10H15BrN2O3/c1-7-9(16-6-13-7)10(14)12-4-3-8(11)5-15-2/h6,8H,3-5H2,1-2H3,(H,12,14). The summed E-state index contributed by atoms with van der Waals surface area (Å²) in [5, 5.41) is 2.76. The molecular formula is C10H15BrN2O3. The number of nitrogens with one attached hydrogen (secondary N) is 1. The quantitative estimate of drug-likeness (QED) is 0.807. The third kappa shape index (κ3) is 3.94. The number of nitrogens with zero attached hydrogens (tertiary/aromatic N) is 1. The van der Waals surface area contributed by atoms with Crippen molar-refractivity contribution in [2.45, 2.75) is 18.2 Å². The summed E-state index contributed by atoms with van der Waals surface area (Å²) in [6.07, 6.45) is 2.06. The summed E-state index contributed by atoms with van der Waals surface area (Å²) in [4.78, 5) is 15.7. The van der Waals surface area contributed by atoms with Crippen LogP contribution in [0.5, 0.6) is 0 Å². The lowest BCUT2D eigenvalue weighted by Gasteiger charge is -2.08. The molecule has 0 fully saturated rings. The van der Waals surface area contributed by atoms with Crippen LogP contribution in [0.15, 0.2) is 10.8 Å². The molecule has 0 spiro atoms. The van der Waals surface area contributed by atoms with Crippen LogP contribution in [-0.4, -0.2) is 36.0 Å². The largest absolute Gasteiger partial charge is 0.438 e. The van der Waals surface area contributed by atoms with Crippen molar-refractivity contribution in [1.29, 1.82) is 0 Å². The molecule has 6 heteroatoms. The highest BCUT2D eigenvalue weighted by atomic mass is 79.9. The lowest BCUT2D eigenvalue weighted by molar-refractivity contribution is 0.0923. The van der Waals surface area contributed by atoms with Crippen molar-refractivity contribution in [3.63, 3.8) is 0 Å². The minimum absolute atomic E-state index is 0.230. The van der Waals surface area contributed by atoms with E-state index in [1.807, 2.05) is 0 Å². The number of methoxy groups -OCH3 is 1. The summed E-state index contributed by atoms with van der Waals surface area (Å²) in [6.45, 7) is 2.92. The van der Waals surface area contributed by atoms with Crippen LogP contribution in [0, 0.1) is 6.92 Å². The van der Waals surface area contributed by atoms with Crippen LogP contribution in [0.4, 0.5) is 0 Å². The predicted octanol–water partition coefficient (Wildman–Crippen LogP) is 1.51. The summed E-state index contributed by atoms with van der Waals surface area (Å²) in [7, 11) is 1.64. The normalized spacial score (nSPS) is 12.4. The van der Waals surface area contributed by atoms with Gasteiger partial charge >= 0.3 is 0 Å². The number of oxazole rings is 1. The van der Waals surface area contributed by atoms with E-state index < -0.39 is 0 Å². The first kappa shape index (κ1) is 13.2. The fraction of sp³-hybridized carbons (Fsp3) is 0.600. The number of aromatic nitrogens is 1. The van der Waals surface area contributed by atoms with Crippen molar-refractivity contribution in [3.8, 4) is 0 Å². The molecule has 5 nitrogen and oxygen atoms in total. The van der Waals surface area contributed by atoms with Crippen LogP contribution in [0.25, 0.3) is 0 Å². The third-order valence-corrected chi connectivity index (χ3v) is 2.76. The molecule has 0 saturated carbocycles. The number of rotatable bonds is 6. The molecule has 1 unspecified atom stereocenters. The summed E-state index contributed by atoms with van der Waals surface area (Å²) in [5.74, 6) is 0.0463. The zero-order chi connectivity index (χ0) is 12.0. The molecular weight excluding hydrogens is 276 g/mol. The SMILES string of the molecule is COCC(Br)CCNC(=O)c1ocnc1C. The Morgan fingerprint density at radius 3 is 3.06 bits per heavy atom. The molecule has 0 aliphatic heterocycles. The molecule has 1 aromatic rings. The molecule has 1 N–H and O–H groups in total. The van der Waals surface area contributed by atoms with Gasteiger partial charge in [0.15, 0.2) is 6.39 Å². The molecule has 16 heavy (non-hydrogen) atoms. The number of halogens is 1. The second-order valence-corrected chi connectivity index (χ2v) is 4.66. The van der Waals surface area contributed by atoms with Crippen molar-refractivity contribution in [2.24, 2.45) is 0 Å². The Morgan fingerprint density at radius 2 is 2.50 bits per heavy atom. The first-order chi connectivity index (χ1) is 7.65. The number of ether oxygens (including phenoxy) is 1. The van der Waals surface area contributed by atoms with Crippen molar-refractivity contribution < 1.29 is 13.9 Å². The van der Waals surface area contributed by atoms with E-state index in [0.29, 0.717) is 18.8 Å². The maximum Gasteiger partial charge on any atom is 0.288 e. The van der Waals surface area contributed by atoms with Gasteiger partial charge in [-0.15, -0.1) is 0 Å². The van der Waals surface area contributed by atoms with E-state index in [1.54, 1.807) is 14.0 Å². The predicted molar refractivity (Wildman–Crippen MR) is 62.8 cm³/mol. The van der Waals surface area contributed by atoms with Gasteiger partial charge in [0.05, 0.1) is 12.3 Å². The molecule has 0 radical (unpaired) electrons. The van der Waals surface area contributed by atoms with Gasteiger partial charge in [-0.3, -0.25) is 4.79 Å². The molecule has 90 valence electrons. The summed E-state index contributed by atoms with van der Waals surface area (Å²) >= 11 is 3.44. The molecule has 1 aromatic heterocycles. The zero-order valence-corrected chi connectivity index (χ0v) is 10.9. The maximum atomic E-state index is 11.6. The monoisotopic (exact) mass is 290 g/mol. The van der Waals surface area contributed by atoms with Crippen molar-refractivity contribution >= 4 is 21.8 Å². The van der Waals surface area contributed by atoms with E-state index in [0.717, 1.165) is 6.42 Å². The van der Waals surface area contributed by atoms with Gasteiger partial charge in [0.1, 0.15) is 0 Å². The van der Waals surface area contributed by atoms with Gasteiger partial charge in [-0.2, -0.15) is 0 Å². The van der Waals surface area contributed by atoms with Crippen LogP contribution >= 0.6 is 15.9 Å². The Hall–Kier alpha value is -0.880. The molecule has 1 atom stereocenters. The number of carbonyl (C=O) groups is 1. The Kier molecular flexibility index (Phi) is 5.48. The summed E-state index contributed by atoms with van der Waals surface area (Å²) in [5.41, 5.74) is 0.602. The summed E-state index contributed by atoms with van der Waals surface area (Å²) < 4.78 is 9.94. The smallest absolute Gasteiger partial charge is 0.288 e. The Morgan fingerprint density at radius 1 is 1.75 bits per heavy atom. The van der Waals surface area contributed by atoms with E-state index in [4.69, 9.17) is 9.15 Å². The molecule has 1 rings (SSSR count). The van der Waals surface area contributed by atoms with Gasteiger partial charge < -0.3 is 14.5 Å². The second kappa shape index (κ2) is 6.65. The van der Waals surface area contributed by atoms with Crippen LogP contribution in [0.3, 0.4) is 0 Å². The number of amides is 1. The molecule has 0 bridgehead atoms. The van der Waals surface area contributed by atoms with E-state index in [1.165, 1.54) is 6.39 Å². The van der Waals surface area contributed by atoms with Gasteiger partial charge in [-0.1, -0.05) is 15.9 Å². The first-order valence-electron chi connectivity index (χ1n) is 4.96. The van der Waals surface area contributed by atoms with Crippen molar-refractivity contribution in [3.05, 3.63) is 17.8 Å². The van der Waals surface area contributed by atoms with Gasteiger partial charge in [0, 0.05) is 18.5 Å². The van der Waals surface area contributed by atoms with Crippen LogP contribution in [0.2, 0.25) is 0 Å². The van der Waals surface area contributed by atoms with Crippen molar-refractivity contribution in [2.75, 3.05) is 20.3 Å². The third-order valence-electron chi connectivity index (χ3n) is 2.04. The van der Waals surface area contributed by atoms with Crippen LogP contribution in [0.1, 0.15) is 22.7 Å². The number of hydrogen-bond acceptors (Lipinski definition) is 4. The van der Waals surface area contributed by atoms with E-state index in [9.17, 15) is 4.79 Å². The minimum atomic E-state index is -0.230. The highest BCUT2D eigenvalue weighted by Crippen LogP contribution is 2.06. The van der Waals surface area contributed by atoms with Gasteiger partial charge in [0.25, 0.3) is 5.91 Å². The molecule has 0 saturated heterocycles. The van der Waals surface area contributed by atoms with E-state index in [2.05, 4.69) is 26.2 Å². The molecule has 0 aliphatic rings. The van der Waals surface area contributed by atoms with Gasteiger partial charge in [0.2, 0.25) is 5.76 Å². The van der Waals surface area contributed by atoms with E-state index in [-0.39, 0.29) is 16.5 Å². The lowest BCUT2D eigenvalue weighted by atomic mass is 10.3. The number of hydrogen-bond donors (Lipinski definition) is 1. The second-order valence-electron chi connectivity index (χ2n) is 3.36. The fourth-order valence-electron chi connectivity index (χ4n) is 1.21. The maximum absolute atomic E-state index is 11.6. The fourth-order valence-corrected chi connectivity index (χ4v) is 1.70. The van der Waals surface area contributed by atoms with Crippen molar-refractivity contribution in [1.82, 2.24) is 10.3 Å². The zero-order valence-electron chi connectivity index (χ0n) is 9.33. The topological polar surface area (TPSA) is 64.4 Å². The first-order valence-corrected chi connectivity index (χ1v) is 5.88. The van der Waals surface area contributed by atoms with Gasteiger partial charge in [-0.25, -0.2) is 4.98 Å². The van der Waals surface area contributed by atoms with E-state index >= 15 is 0 Å². The molecule has 0 aliphatic carbocycles. The molecule has 1 heterocycles. The van der Waals surface area contributed by atoms with Crippen LogP contribution in [-0.2, 0) is 4.74 Å². The molecule has 0 aromatic carbocycles. The lowest BCUT2D eigenvalue weighted by Crippen LogP contribution is -2.27. The minimum Gasteiger partial charge on any atom is -0.438 e. The number of alkyl halides is 1. The average molecular weight is 291 g/mol. The summed E-state index contributed by atoms with van der Waals surface area (Å²) in [6, 6.07) is 0. The van der Waals surface area contributed by atoms with Gasteiger partial charge in [-0.05, 0) is 13.3 Å². The average Bonchev–Trinajstić information content (AvgIpc) is 2.64. The Balaban J connectivity index is 2.29. The highest BCUT2D eigenvalue weighted by molar-refractivity contribution is 9.09. The van der Waals surface area contributed by atoms with Crippen LogP contribution < -0.4 is 5.32 Å².